The highest BCUT2D eigenvalue weighted by atomic mass is 32.2. The number of aromatic nitrogens is 2. The molecule has 0 unspecified atom stereocenters. The van der Waals surface area contributed by atoms with Crippen molar-refractivity contribution in [2.45, 2.75) is 31.9 Å². The largest absolute Gasteiger partial charge is 0.395 e. The molecule has 5 nitrogen and oxygen atoms in total. The first-order valence-corrected chi connectivity index (χ1v) is 7.19. The highest BCUT2D eigenvalue weighted by molar-refractivity contribution is 7.99. The monoisotopic (exact) mass is 270 g/mol. The van der Waals surface area contributed by atoms with Crippen LogP contribution in [0, 0.1) is 0 Å². The minimum atomic E-state index is -0.163. The van der Waals surface area contributed by atoms with Crippen LogP contribution in [0.4, 0.5) is 5.69 Å². The summed E-state index contributed by atoms with van der Waals surface area (Å²) in [6.45, 7) is 6.74. The van der Waals surface area contributed by atoms with Gasteiger partial charge in [0.05, 0.1) is 11.4 Å². The number of aryl methyl sites for hydroxylation is 2. The first kappa shape index (κ1) is 14.9. The van der Waals surface area contributed by atoms with Gasteiger partial charge in [-0.3, -0.25) is 9.48 Å². The van der Waals surface area contributed by atoms with E-state index >= 15 is 0 Å². The number of hydrogen-bond donors (Lipinski definition) is 2. The van der Waals surface area contributed by atoms with Crippen molar-refractivity contribution in [3.63, 3.8) is 0 Å². The van der Waals surface area contributed by atoms with Gasteiger partial charge in [-0.1, -0.05) is 6.92 Å². The third kappa shape index (κ3) is 3.19. The third-order valence-corrected chi connectivity index (χ3v) is 4.19. The van der Waals surface area contributed by atoms with Gasteiger partial charge in [0.15, 0.2) is 0 Å². The van der Waals surface area contributed by atoms with E-state index in [1.165, 1.54) is 0 Å². The van der Waals surface area contributed by atoms with E-state index in [2.05, 4.69) is 24.3 Å². The van der Waals surface area contributed by atoms with Crippen molar-refractivity contribution >= 4 is 23.4 Å². The van der Waals surface area contributed by atoms with Gasteiger partial charge in [-0.2, -0.15) is 16.9 Å². The predicted octanol–water partition coefficient (Wildman–Crippen LogP) is 1.44. The van der Waals surface area contributed by atoms with E-state index in [1.807, 2.05) is 13.2 Å². The van der Waals surface area contributed by atoms with Crippen molar-refractivity contribution in [3.05, 3.63) is 11.4 Å². The van der Waals surface area contributed by atoms with Gasteiger partial charge in [0.2, 0.25) is 0 Å². The van der Waals surface area contributed by atoms with Gasteiger partial charge < -0.3 is 11.1 Å². The molecule has 1 aromatic rings. The molecule has 18 heavy (non-hydrogen) atoms. The Morgan fingerprint density at radius 2 is 2.17 bits per heavy atom. The quantitative estimate of drug-likeness (QED) is 0.849. The topological polar surface area (TPSA) is 72.9 Å². The minimum absolute atomic E-state index is 0.0105. The van der Waals surface area contributed by atoms with E-state index in [-0.39, 0.29) is 10.7 Å². The van der Waals surface area contributed by atoms with Crippen LogP contribution in [0.1, 0.15) is 37.0 Å². The summed E-state index contributed by atoms with van der Waals surface area (Å²) < 4.78 is 1.56. The van der Waals surface area contributed by atoms with Crippen molar-refractivity contribution in [3.8, 4) is 0 Å². The molecule has 0 spiro atoms. The van der Waals surface area contributed by atoms with Crippen LogP contribution < -0.4 is 11.1 Å². The van der Waals surface area contributed by atoms with Crippen LogP contribution >= 0.6 is 11.8 Å². The van der Waals surface area contributed by atoms with Gasteiger partial charge >= 0.3 is 0 Å². The molecular weight excluding hydrogens is 248 g/mol. The summed E-state index contributed by atoms with van der Waals surface area (Å²) in [6.07, 6.45) is 2.75. The molecule has 0 aliphatic rings. The maximum absolute atomic E-state index is 12.1. The first-order chi connectivity index (χ1) is 8.32. The zero-order valence-corrected chi connectivity index (χ0v) is 12.5. The Morgan fingerprint density at radius 3 is 2.61 bits per heavy atom. The molecule has 0 bridgehead atoms. The maximum atomic E-state index is 12.1. The fourth-order valence-corrected chi connectivity index (χ4v) is 1.79. The van der Waals surface area contributed by atoms with Crippen molar-refractivity contribution in [2.75, 3.05) is 18.5 Å². The number of hydrogen-bond acceptors (Lipinski definition) is 4. The number of nitrogens with two attached hydrogens (primary N) is 1. The van der Waals surface area contributed by atoms with E-state index in [1.54, 1.807) is 23.5 Å². The molecule has 0 aromatic carbocycles. The lowest BCUT2D eigenvalue weighted by molar-refractivity contribution is 0.0942. The van der Waals surface area contributed by atoms with Gasteiger partial charge in [0.1, 0.15) is 5.69 Å². The highest BCUT2D eigenvalue weighted by Crippen LogP contribution is 2.21. The summed E-state index contributed by atoms with van der Waals surface area (Å²) in [5.41, 5.74) is 7.64. The van der Waals surface area contributed by atoms with Crippen LogP contribution in [-0.2, 0) is 13.5 Å². The van der Waals surface area contributed by atoms with Gasteiger partial charge in [-0.05, 0) is 26.5 Å². The average molecular weight is 270 g/mol. The smallest absolute Gasteiger partial charge is 0.271 e. The van der Waals surface area contributed by atoms with E-state index in [4.69, 9.17) is 5.73 Å². The molecule has 0 saturated heterocycles. The lowest BCUT2D eigenvalue weighted by atomic mass is 10.2. The van der Waals surface area contributed by atoms with Crippen molar-refractivity contribution in [1.29, 1.82) is 0 Å². The van der Waals surface area contributed by atoms with Crippen molar-refractivity contribution in [1.82, 2.24) is 15.1 Å². The standard InChI is InChI=1S/C12H22N4OS/c1-6-8-9(13)10(16(4)15-8)11(17)14-7-12(2,3)18-5/h6-7,13H2,1-5H3,(H,14,17). The molecule has 1 rings (SSSR count). The Hall–Kier alpha value is -1.17. The highest BCUT2D eigenvalue weighted by Gasteiger charge is 2.22. The number of carbonyl (C=O) groups excluding carboxylic acids is 1. The molecule has 0 aliphatic heterocycles. The minimum Gasteiger partial charge on any atom is -0.395 e. The van der Waals surface area contributed by atoms with Crippen molar-refractivity contribution in [2.24, 2.45) is 7.05 Å². The maximum Gasteiger partial charge on any atom is 0.271 e. The lowest BCUT2D eigenvalue weighted by Gasteiger charge is -2.22. The molecule has 6 heteroatoms. The Morgan fingerprint density at radius 1 is 1.56 bits per heavy atom. The molecule has 1 amide bonds. The van der Waals surface area contributed by atoms with Gasteiger partial charge in [-0.25, -0.2) is 0 Å². The summed E-state index contributed by atoms with van der Waals surface area (Å²) in [6, 6.07) is 0. The van der Waals surface area contributed by atoms with Crippen molar-refractivity contribution < 1.29 is 4.79 Å². The summed E-state index contributed by atoms with van der Waals surface area (Å²) >= 11 is 1.71. The number of thioether (sulfide) groups is 1. The lowest BCUT2D eigenvalue weighted by Crippen LogP contribution is -2.37. The van der Waals surface area contributed by atoms with Gasteiger partial charge in [-0.15, -0.1) is 0 Å². The summed E-state index contributed by atoms with van der Waals surface area (Å²) in [4.78, 5) is 12.1. The SMILES string of the molecule is CCc1nn(C)c(C(=O)NCC(C)(C)SC)c1N. The number of anilines is 1. The summed E-state index contributed by atoms with van der Waals surface area (Å²) in [5.74, 6) is -0.163. The molecule has 1 heterocycles. The predicted molar refractivity (Wildman–Crippen MR) is 76.9 cm³/mol. The fraction of sp³-hybridized carbons (Fsp3) is 0.667. The normalized spacial score (nSPS) is 11.6. The van der Waals surface area contributed by atoms with E-state index in [0.717, 1.165) is 12.1 Å². The number of nitrogens with one attached hydrogen (secondary N) is 1. The summed E-state index contributed by atoms with van der Waals surface area (Å²) in [7, 11) is 1.74. The van der Waals surface area contributed by atoms with Gasteiger partial charge in [0, 0.05) is 18.3 Å². The van der Waals surface area contributed by atoms with E-state index in [0.29, 0.717) is 17.9 Å². The molecule has 0 aliphatic carbocycles. The second-order valence-corrected chi connectivity index (χ2v) is 6.35. The van der Waals surface area contributed by atoms with Gasteiger partial charge in [0.25, 0.3) is 5.91 Å². The van der Waals surface area contributed by atoms with Crippen LogP contribution in [0.25, 0.3) is 0 Å². The molecule has 3 N–H and O–H groups in total. The molecule has 102 valence electrons. The second-order valence-electron chi connectivity index (χ2n) is 4.83. The molecular formula is C12H22N4OS. The second kappa shape index (κ2) is 5.65. The third-order valence-electron chi connectivity index (χ3n) is 2.94. The van der Waals surface area contributed by atoms with Crippen LogP contribution in [0.5, 0.6) is 0 Å². The van der Waals surface area contributed by atoms with Crippen LogP contribution in [0.2, 0.25) is 0 Å². The zero-order valence-electron chi connectivity index (χ0n) is 11.7. The van der Waals surface area contributed by atoms with Crippen LogP contribution in [-0.4, -0.2) is 33.2 Å². The Labute approximate surface area is 112 Å². The fourth-order valence-electron chi connectivity index (χ4n) is 1.58. The molecule has 0 atom stereocenters. The number of rotatable bonds is 5. The molecule has 0 fully saturated rings. The first-order valence-electron chi connectivity index (χ1n) is 5.97. The average Bonchev–Trinajstić information content (AvgIpc) is 2.61. The zero-order chi connectivity index (χ0) is 13.9. The summed E-state index contributed by atoms with van der Waals surface area (Å²) in [5, 5.41) is 7.15. The van der Waals surface area contributed by atoms with Crippen LogP contribution in [0.3, 0.4) is 0 Å². The van der Waals surface area contributed by atoms with E-state index in [9.17, 15) is 4.79 Å². The Bertz CT molecular complexity index is 440. The Balaban J connectivity index is 2.82. The van der Waals surface area contributed by atoms with E-state index < -0.39 is 0 Å². The number of nitrogen functional groups attached to an aromatic ring is 1. The Kier molecular flexibility index (Phi) is 4.67. The van der Waals surface area contributed by atoms with Crippen LogP contribution in [0.15, 0.2) is 0 Å². The number of carbonyl (C=O) groups is 1. The molecule has 0 radical (unpaired) electrons. The number of amides is 1. The molecule has 0 saturated carbocycles. The number of nitrogens with zero attached hydrogens (tertiary/aromatic N) is 2. The molecule has 1 aromatic heterocycles.